The fourth-order valence-electron chi connectivity index (χ4n) is 2.37. The van der Waals surface area contributed by atoms with Crippen LogP contribution in [-0.4, -0.2) is 20.3 Å². The Balaban J connectivity index is 2.73. The van der Waals surface area contributed by atoms with Gasteiger partial charge in [0.15, 0.2) is 11.5 Å². The van der Waals surface area contributed by atoms with Crippen LogP contribution < -0.4 is 9.47 Å². The SMILES string of the molecule is COc1cc(F)c(Cl)c(C2(N=C=O)CCC2)c1OC. The zero-order valence-electron chi connectivity index (χ0n) is 10.6. The molecule has 19 heavy (non-hydrogen) atoms. The molecule has 0 saturated heterocycles. The minimum atomic E-state index is -0.848. The van der Waals surface area contributed by atoms with Crippen molar-refractivity contribution in [3.8, 4) is 11.5 Å². The highest BCUT2D eigenvalue weighted by molar-refractivity contribution is 6.32. The first kappa shape index (κ1) is 13.8. The van der Waals surface area contributed by atoms with Crippen molar-refractivity contribution in [2.24, 2.45) is 4.99 Å². The standard InChI is InChI=1S/C13H13ClFNO3/c1-18-9-6-8(15)11(14)10(12(9)19-2)13(16-7-17)4-3-5-13/h6H,3-5H2,1-2H3. The summed E-state index contributed by atoms with van der Waals surface area (Å²) >= 11 is 6.04. The van der Waals surface area contributed by atoms with Crippen LogP contribution in [-0.2, 0) is 10.3 Å². The Morgan fingerprint density at radius 2 is 2.11 bits per heavy atom. The van der Waals surface area contributed by atoms with Gasteiger partial charge < -0.3 is 9.47 Å². The lowest BCUT2D eigenvalue weighted by atomic mass is 9.72. The summed E-state index contributed by atoms with van der Waals surface area (Å²) in [5.74, 6) is -0.0823. The van der Waals surface area contributed by atoms with Gasteiger partial charge in [-0.25, -0.2) is 9.18 Å². The number of benzene rings is 1. The predicted molar refractivity (Wildman–Crippen MR) is 68.2 cm³/mol. The van der Waals surface area contributed by atoms with Crippen LogP contribution >= 0.6 is 11.6 Å². The highest BCUT2D eigenvalue weighted by Gasteiger charge is 2.44. The van der Waals surface area contributed by atoms with Gasteiger partial charge in [0.2, 0.25) is 6.08 Å². The number of methoxy groups -OCH3 is 2. The predicted octanol–water partition coefficient (Wildman–Crippen LogP) is 3.21. The third-order valence-corrected chi connectivity index (χ3v) is 3.84. The second-order valence-corrected chi connectivity index (χ2v) is 4.75. The molecule has 0 N–H and O–H groups in total. The fourth-order valence-corrected chi connectivity index (χ4v) is 2.69. The molecule has 0 bridgehead atoms. The van der Waals surface area contributed by atoms with Crippen LogP contribution in [0.3, 0.4) is 0 Å². The number of carbonyl (C=O) groups excluding carboxylic acids is 1. The van der Waals surface area contributed by atoms with E-state index in [1.54, 1.807) is 6.08 Å². The Morgan fingerprint density at radius 1 is 1.42 bits per heavy atom. The van der Waals surface area contributed by atoms with Gasteiger partial charge in [0, 0.05) is 11.6 Å². The van der Waals surface area contributed by atoms with Crippen molar-refractivity contribution in [1.82, 2.24) is 0 Å². The summed E-state index contributed by atoms with van der Waals surface area (Å²) in [5, 5.41) is -0.0867. The van der Waals surface area contributed by atoms with Gasteiger partial charge in [0.05, 0.1) is 19.2 Å². The molecule has 1 fully saturated rings. The van der Waals surface area contributed by atoms with Crippen molar-refractivity contribution < 1.29 is 18.7 Å². The van der Waals surface area contributed by atoms with Crippen LogP contribution in [0.2, 0.25) is 5.02 Å². The number of hydrogen-bond donors (Lipinski definition) is 0. The van der Waals surface area contributed by atoms with E-state index in [9.17, 15) is 9.18 Å². The Bertz CT molecular complexity index is 551. The van der Waals surface area contributed by atoms with E-state index in [4.69, 9.17) is 21.1 Å². The van der Waals surface area contributed by atoms with E-state index in [2.05, 4.69) is 4.99 Å². The molecule has 1 saturated carbocycles. The molecule has 0 amide bonds. The van der Waals surface area contributed by atoms with Crippen LogP contribution in [0, 0.1) is 5.82 Å². The largest absolute Gasteiger partial charge is 0.493 e. The molecule has 6 heteroatoms. The van der Waals surface area contributed by atoms with E-state index >= 15 is 0 Å². The van der Waals surface area contributed by atoms with Crippen molar-refractivity contribution in [3.63, 3.8) is 0 Å². The van der Waals surface area contributed by atoms with Crippen LogP contribution in [0.5, 0.6) is 11.5 Å². The zero-order chi connectivity index (χ0) is 14.0. The highest BCUT2D eigenvalue weighted by atomic mass is 35.5. The average molecular weight is 286 g/mol. The molecule has 1 aliphatic carbocycles. The number of halogens is 2. The molecule has 0 radical (unpaired) electrons. The summed E-state index contributed by atoms with van der Waals surface area (Å²) in [6, 6.07) is 1.15. The number of isocyanates is 1. The number of hydrogen-bond acceptors (Lipinski definition) is 4. The lowest BCUT2D eigenvalue weighted by Gasteiger charge is -2.38. The van der Waals surface area contributed by atoms with Crippen molar-refractivity contribution >= 4 is 17.7 Å². The maximum absolute atomic E-state index is 13.9. The number of aliphatic imine (C=N–C) groups is 1. The normalized spacial score (nSPS) is 16.2. The van der Waals surface area contributed by atoms with Crippen molar-refractivity contribution in [3.05, 3.63) is 22.5 Å². The molecule has 1 aliphatic rings. The Labute approximate surface area is 115 Å². The Morgan fingerprint density at radius 3 is 2.53 bits per heavy atom. The van der Waals surface area contributed by atoms with E-state index in [1.807, 2.05) is 0 Å². The molecule has 102 valence electrons. The van der Waals surface area contributed by atoms with E-state index in [-0.39, 0.29) is 10.8 Å². The number of rotatable bonds is 4. The minimum Gasteiger partial charge on any atom is -0.493 e. The van der Waals surface area contributed by atoms with Gasteiger partial charge >= 0.3 is 0 Å². The molecule has 0 aliphatic heterocycles. The van der Waals surface area contributed by atoms with Gasteiger partial charge in [0.1, 0.15) is 11.4 Å². The zero-order valence-corrected chi connectivity index (χ0v) is 11.4. The molecule has 0 spiro atoms. The van der Waals surface area contributed by atoms with E-state index in [1.165, 1.54) is 14.2 Å². The van der Waals surface area contributed by atoms with Crippen LogP contribution in [0.25, 0.3) is 0 Å². The maximum Gasteiger partial charge on any atom is 0.235 e. The lowest BCUT2D eigenvalue weighted by Crippen LogP contribution is -2.33. The van der Waals surface area contributed by atoms with Crippen molar-refractivity contribution in [1.29, 1.82) is 0 Å². The second-order valence-electron chi connectivity index (χ2n) is 4.37. The smallest absolute Gasteiger partial charge is 0.235 e. The summed E-state index contributed by atoms with van der Waals surface area (Å²) < 4.78 is 24.2. The van der Waals surface area contributed by atoms with Gasteiger partial charge in [-0.15, -0.1) is 0 Å². The fraction of sp³-hybridized carbons (Fsp3) is 0.462. The average Bonchev–Trinajstić information content (AvgIpc) is 2.37. The first-order valence-electron chi connectivity index (χ1n) is 5.79. The number of nitrogens with zero attached hydrogens (tertiary/aromatic N) is 1. The van der Waals surface area contributed by atoms with Crippen molar-refractivity contribution in [2.45, 2.75) is 24.8 Å². The Kier molecular flexibility index (Phi) is 3.78. The van der Waals surface area contributed by atoms with Crippen LogP contribution in [0.1, 0.15) is 24.8 Å². The second kappa shape index (κ2) is 5.19. The molecule has 2 rings (SSSR count). The van der Waals surface area contributed by atoms with Gasteiger partial charge in [-0.05, 0) is 19.3 Å². The third-order valence-electron chi connectivity index (χ3n) is 3.47. The van der Waals surface area contributed by atoms with Gasteiger partial charge in [-0.2, -0.15) is 4.99 Å². The molecule has 0 aromatic heterocycles. The summed E-state index contributed by atoms with van der Waals surface area (Å²) in [5.41, 5.74) is -0.484. The summed E-state index contributed by atoms with van der Waals surface area (Å²) in [6.45, 7) is 0. The van der Waals surface area contributed by atoms with E-state index in [0.717, 1.165) is 12.5 Å². The van der Waals surface area contributed by atoms with Crippen LogP contribution in [0.4, 0.5) is 4.39 Å². The summed E-state index contributed by atoms with van der Waals surface area (Å²) in [7, 11) is 2.85. The van der Waals surface area contributed by atoms with E-state index < -0.39 is 11.4 Å². The number of ether oxygens (including phenoxy) is 2. The Hall–Kier alpha value is -1.58. The van der Waals surface area contributed by atoms with Crippen LogP contribution in [0.15, 0.2) is 11.1 Å². The minimum absolute atomic E-state index is 0.0867. The molecular formula is C13H13ClFNO3. The van der Waals surface area contributed by atoms with Gasteiger partial charge in [-0.1, -0.05) is 11.6 Å². The first-order chi connectivity index (χ1) is 9.09. The quantitative estimate of drug-likeness (QED) is 0.630. The molecule has 0 unspecified atom stereocenters. The molecule has 0 atom stereocenters. The molecule has 1 aromatic rings. The molecule has 1 aromatic carbocycles. The lowest BCUT2D eigenvalue weighted by molar-refractivity contribution is 0.241. The van der Waals surface area contributed by atoms with Gasteiger partial charge in [-0.3, -0.25) is 0 Å². The van der Waals surface area contributed by atoms with E-state index in [0.29, 0.717) is 24.2 Å². The monoisotopic (exact) mass is 285 g/mol. The van der Waals surface area contributed by atoms with Crippen molar-refractivity contribution in [2.75, 3.05) is 14.2 Å². The topological polar surface area (TPSA) is 47.9 Å². The molecule has 4 nitrogen and oxygen atoms in total. The first-order valence-corrected chi connectivity index (χ1v) is 6.17. The highest BCUT2D eigenvalue weighted by Crippen LogP contribution is 2.53. The maximum atomic E-state index is 13.9. The summed E-state index contributed by atoms with van der Waals surface area (Å²) in [6.07, 6.45) is 3.62. The molecule has 0 heterocycles. The molecular weight excluding hydrogens is 273 g/mol. The third kappa shape index (κ3) is 2.09. The summed E-state index contributed by atoms with van der Waals surface area (Å²) in [4.78, 5) is 14.5. The van der Waals surface area contributed by atoms with Gasteiger partial charge in [0.25, 0.3) is 0 Å².